The van der Waals surface area contributed by atoms with Gasteiger partial charge in [-0.25, -0.2) is 0 Å². The molecule has 124 valence electrons. The van der Waals surface area contributed by atoms with Gasteiger partial charge >= 0.3 is 0 Å². The summed E-state index contributed by atoms with van der Waals surface area (Å²) in [6.07, 6.45) is 2.15. The Morgan fingerprint density at radius 2 is 1.32 bits per heavy atom. The molecule has 0 saturated carbocycles. The molecule has 0 aliphatic carbocycles. The molecule has 22 heavy (non-hydrogen) atoms. The minimum absolute atomic E-state index is 0.144. The van der Waals surface area contributed by atoms with Crippen LogP contribution in [-0.4, -0.2) is 69.1 Å². The zero-order valence-corrected chi connectivity index (χ0v) is 14.2. The Labute approximate surface area is 133 Å². The SMILES string of the molecule is CN(C)CCCN(CCCN(C)C)c1ccc([N+](=O)[O-])cc1. The summed E-state index contributed by atoms with van der Waals surface area (Å²) in [6.45, 7) is 4.00. The number of hydrogen-bond acceptors (Lipinski definition) is 5. The molecule has 0 aliphatic heterocycles. The normalized spacial score (nSPS) is 11.2. The number of benzene rings is 1. The number of anilines is 1. The molecule has 0 atom stereocenters. The molecule has 0 N–H and O–H groups in total. The summed E-state index contributed by atoms with van der Waals surface area (Å²) in [5.41, 5.74) is 1.20. The lowest BCUT2D eigenvalue weighted by molar-refractivity contribution is -0.384. The molecule has 1 rings (SSSR count). The van der Waals surface area contributed by atoms with E-state index in [-0.39, 0.29) is 10.6 Å². The van der Waals surface area contributed by atoms with Crippen molar-refractivity contribution in [1.29, 1.82) is 0 Å². The second-order valence-electron chi connectivity index (χ2n) is 6.07. The molecule has 0 bridgehead atoms. The minimum atomic E-state index is -0.355. The average Bonchev–Trinajstić information content (AvgIpc) is 2.45. The lowest BCUT2D eigenvalue weighted by Gasteiger charge is -2.26. The highest BCUT2D eigenvalue weighted by Gasteiger charge is 2.10. The molecule has 1 aromatic rings. The molecular formula is C16H28N4O2. The van der Waals surface area contributed by atoms with Crippen LogP contribution in [0.4, 0.5) is 11.4 Å². The van der Waals surface area contributed by atoms with E-state index >= 15 is 0 Å². The number of nitrogens with zero attached hydrogens (tertiary/aromatic N) is 4. The first-order valence-corrected chi connectivity index (χ1v) is 7.69. The summed E-state index contributed by atoms with van der Waals surface area (Å²) >= 11 is 0. The maximum Gasteiger partial charge on any atom is 0.269 e. The van der Waals surface area contributed by atoms with Gasteiger partial charge in [0.15, 0.2) is 0 Å². The van der Waals surface area contributed by atoms with Crippen molar-refractivity contribution in [3.63, 3.8) is 0 Å². The van der Waals surface area contributed by atoms with Crippen LogP contribution in [-0.2, 0) is 0 Å². The molecule has 1 aromatic carbocycles. The summed E-state index contributed by atoms with van der Waals surface area (Å²) in [5, 5.41) is 10.8. The van der Waals surface area contributed by atoms with Crippen molar-refractivity contribution in [2.24, 2.45) is 0 Å². The van der Waals surface area contributed by atoms with Crippen molar-refractivity contribution < 1.29 is 4.92 Å². The molecule has 0 spiro atoms. The summed E-state index contributed by atoms with van der Waals surface area (Å²) in [4.78, 5) is 17.1. The Balaban J connectivity index is 2.67. The molecule has 0 saturated heterocycles. The van der Waals surface area contributed by atoms with E-state index in [0.717, 1.165) is 44.7 Å². The predicted molar refractivity (Wildman–Crippen MR) is 91.7 cm³/mol. The first-order valence-electron chi connectivity index (χ1n) is 7.69. The molecule has 0 heterocycles. The van der Waals surface area contributed by atoms with Crippen LogP contribution in [0.2, 0.25) is 0 Å². The van der Waals surface area contributed by atoms with Gasteiger partial charge in [0, 0.05) is 30.9 Å². The molecule has 0 aromatic heterocycles. The fourth-order valence-corrected chi connectivity index (χ4v) is 2.31. The van der Waals surface area contributed by atoms with E-state index in [4.69, 9.17) is 0 Å². The number of rotatable bonds is 10. The van der Waals surface area contributed by atoms with Crippen LogP contribution in [0.1, 0.15) is 12.8 Å². The van der Waals surface area contributed by atoms with Gasteiger partial charge in [0.05, 0.1) is 4.92 Å². The molecular weight excluding hydrogens is 280 g/mol. The summed E-state index contributed by atoms with van der Waals surface area (Å²) < 4.78 is 0. The Morgan fingerprint density at radius 1 is 0.864 bits per heavy atom. The third-order valence-corrected chi connectivity index (χ3v) is 3.49. The first-order chi connectivity index (χ1) is 10.4. The van der Waals surface area contributed by atoms with Gasteiger partial charge in [-0.3, -0.25) is 10.1 Å². The average molecular weight is 308 g/mol. The highest BCUT2D eigenvalue weighted by molar-refractivity contribution is 5.50. The second-order valence-corrected chi connectivity index (χ2v) is 6.07. The number of non-ortho nitro benzene ring substituents is 1. The van der Waals surface area contributed by atoms with E-state index in [1.165, 1.54) is 0 Å². The molecule has 6 nitrogen and oxygen atoms in total. The van der Waals surface area contributed by atoms with Crippen LogP contribution in [0.25, 0.3) is 0 Å². The van der Waals surface area contributed by atoms with Crippen LogP contribution < -0.4 is 4.90 Å². The molecule has 0 amide bonds. The fraction of sp³-hybridized carbons (Fsp3) is 0.625. The van der Waals surface area contributed by atoms with Crippen molar-refractivity contribution >= 4 is 11.4 Å². The van der Waals surface area contributed by atoms with Crippen LogP contribution >= 0.6 is 0 Å². The van der Waals surface area contributed by atoms with Crippen LogP contribution in [0.3, 0.4) is 0 Å². The third kappa shape index (κ3) is 6.87. The van der Waals surface area contributed by atoms with Gasteiger partial charge < -0.3 is 14.7 Å². The quantitative estimate of drug-likeness (QED) is 0.490. The van der Waals surface area contributed by atoms with Crippen molar-refractivity contribution in [2.75, 3.05) is 59.3 Å². The molecule has 6 heteroatoms. The Kier molecular flexibility index (Phi) is 7.84. The standard InChI is InChI=1S/C16H28N4O2/c1-17(2)11-5-13-19(14-6-12-18(3)4)15-7-9-16(10-8-15)20(21)22/h7-10H,5-6,11-14H2,1-4H3. The third-order valence-electron chi connectivity index (χ3n) is 3.49. The fourth-order valence-electron chi connectivity index (χ4n) is 2.31. The van der Waals surface area contributed by atoms with Crippen molar-refractivity contribution in [3.05, 3.63) is 34.4 Å². The highest BCUT2D eigenvalue weighted by atomic mass is 16.6. The van der Waals surface area contributed by atoms with Gasteiger partial charge in [0.25, 0.3) is 5.69 Å². The van der Waals surface area contributed by atoms with E-state index in [1.54, 1.807) is 12.1 Å². The monoisotopic (exact) mass is 308 g/mol. The van der Waals surface area contributed by atoms with Crippen molar-refractivity contribution in [2.45, 2.75) is 12.8 Å². The predicted octanol–water partition coefficient (Wildman–Crippen LogP) is 2.30. The smallest absolute Gasteiger partial charge is 0.269 e. The van der Waals surface area contributed by atoms with Gasteiger partial charge in [-0.05, 0) is 66.3 Å². The number of nitro groups is 1. The number of nitro benzene ring substituents is 1. The van der Waals surface area contributed by atoms with Gasteiger partial charge in [-0.2, -0.15) is 0 Å². The van der Waals surface area contributed by atoms with Crippen LogP contribution in [0.5, 0.6) is 0 Å². The van der Waals surface area contributed by atoms with E-state index in [1.807, 2.05) is 12.1 Å². The van der Waals surface area contributed by atoms with Gasteiger partial charge in [-0.1, -0.05) is 0 Å². The highest BCUT2D eigenvalue weighted by Crippen LogP contribution is 2.20. The van der Waals surface area contributed by atoms with Crippen LogP contribution in [0.15, 0.2) is 24.3 Å². The zero-order chi connectivity index (χ0) is 16.5. The van der Waals surface area contributed by atoms with Crippen molar-refractivity contribution in [3.8, 4) is 0 Å². The Bertz CT molecular complexity index is 432. The summed E-state index contributed by atoms with van der Waals surface area (Å²) in [6, 6.07) is 6.87. The topological polar surface area (TPSA) is 52.9 Å². The van der Waals surface area contributed by atoms with Crippen LogP contribution in [0, 0.1) is 10.1 Å². The maximum absolute atomic E-state index is 10.8. The largest absolute Gasteiger partial charge is 0.371 e. The van der Waals surface area contributed by atoms with E-state index in [2.05, 4.69) is 42.9 Å². The lowest BCUT2D eigenvalue weighted by atomic mass is 10.2. The molecule has 0 radical (unpaired) electrons. The summed E-state index contributed by atoms with van der Waals surface area (Å²) in [5.74, 6) is 0. The molecule has 0 aliphatic rings. The van der Waals surface area contributed by atoms with Gasteiger partial charge in [-0.15, -0.1) is 0 Å². The molecule has 0 fully saturated rings. The van der Waals surface area contributed by atoms with Gasteiger partial charge in [0.1, 0.15) is 0 Å². The lowest BCUT2D eigenvalue weighted by Crippen LogP contribution is -2.30. The number of hydrogen-bond donors (Lipinski definition) is 0. The molecule has 0 unspecified atom stereocenters. The van der Waals surface area contributed by atoms with Crippen molar-refractivity contribution in [1.82, 2.24) is 9.80 Å². The van der Waals surface area contributed by atoms with E-state index < -0.39 is 0 Å². The minimum Gasteiger partial charge on any atom is -0.371 e. The zero-order valence-electron chi connectivity index (χ0n) is 14.2. The van der Waals surface area contributed by atoms with E-state index in [9.17, 15) is 10.1 Å². The van der Waals surface area contributed by atoms with Gasteiger partial charge in [0.2, 0.25) is 0 Å². The second kappa shape index (κ2) is 9.38. The van der Waals surface area contributed by atoms with E-state index in [0.29, 0.717) is 0 Å². The Morgan fingerprint density at radius 3 is 1.68 bits per heavy atom. The first kappa shape index (κ1) is 18.4. The maximum atomic E-state index is 10.8. The Hall–Kier alpha value is -1.66. The summed E-state index contributed by atoms with van der Waals surface area (Å²) in [7, 11) is 8.29.